The molecule has 0 amide bonds. The standard InChI is InChI=1S/C2H6O2.3K.3H/c3-1-2-4;;;;;;/h3-4H,1-2H2;;;;;;. The van der Waals surface area contributed by atoms with E-state index in [4.69, 9.17) is 10.2 Å². The van der Waals surface area contributed by atoms with Gasteiger partial charge in [-0.1, -0.05) is 0 Å². The Morgan fingerprint density at radius 2 is 0.857 bits per heavy atom. The van der Waals surface area contributed by atoms with E-state index in [2.05, 4.69) is 0 Å². The Balaban J connectivity index is -0.0000000150. The first kappa shape index (κ1) is 22.6. The van der Waals surface area contributed by atoms with E-state index in [0.717, 1.165) is 0 Å². The molecule has 0 rings (SSSR count). The van der Waals surface area contributed by atoms with Crippen LogP contribution in [0.15, 0.2) is 0 Å². The van der Waals surface area contributed by atoms with Gasteiger partial charge >= 0.3 is 154 Å². The quantitative estimate of drug-likeness (QED) is 0.425. The third-order valence-corrected chi connectivity index (χ3v) is 0.1000. The molecule has 0 aromatic heterocycles. The van der Waals surface area contributed by atoms with Gasteiger partial charge in [0.1, 0.15) is 0 Å². The van der Waals surface area contributed by atoms with Crippen molar-refractivity contribution in [3.05, 3.63) is 0 Å². The van der Waals surface area contributed by atoms with Crippen molar-refractivity contribution in [2.24, 2.45) is 0 Å². The van der Waals surface area contributed by atoms with Gasteiger partial charge in [-0.05, 0) is 0 Å². The molecule has 0 aromatic rings. The zero-order chi connectivity index (χ0) is 3.41. The molecule has 2 N–H and O–H groups in total. The molecule has 0 aromatic carbocycles. The minimum atomic E-state index is -0.125. The van der Waals surface area contributed by atoms with Crippen LogP contribution in [0.4, 0.5) is 0 Å². The molecule has 0 spiro atoms. The van der Waals surface area contributed by atoms with Gasteiger partial charge in [0.15, 0.2) is 0 Å². The molecule has 0 aliphatic carbocycles. The van der Waals surface area contributed by atoms with Crippen molar-refractivity contribution in [3.63, 3.8) is 0 Å². The van der Waals surface area contributed by atoms with Crippen molar-refractivity contribution in [2.45, 2.75) is 0 Å². The van der Waals surface area contributed by atoms with Crippen molar-refractivity contribution in [1.29, 1.82) is 0 Å². The van der Waals surface area contributed by atoms with Gasteiger partial charge < -0.3 is 10.2 Å². The van der Waals surface area contributed by atoms with E-state index in [0.29, 0.717) is 0 Å². The fraction of sp³-hybridized carbons (Fsp3) is 1.00. The number of aliphatic hydroxyl groups is 2. The van der Waals surface area contributed by atoms with Crippen LogP contribution in [0.1, 0.15) is 0 Å². The predicted molar refractivity (Wildman–Crippen MR) is 35.6 cm³/mol. The van der Waals surface area contributed by atoms with Crippen molar-refractivity contribution in [1.82, 2.24) is 0 Å². The van der Waals surface area contributed by atoms with Crippen LogP contribution in [0.2, 0.25) is 0 Å². The van der Waals surface area contributed by atoms with E-state index in [1.807, 2.05) is 0 Å². The Kier molecular flexibility index (Phi) is 72.5. The second-order valence-corrected chi connectivity index (χ2v) is 0.447. The van der Waals surface area contributed by atoms with Gasteiger partial charge in [-0.15, -0.1) is 0 Å². The first-order chi connectivity index (χ1) is 1.91. The van der Waals surface area contributed by atoms with Crippen molar-refractivity contribution in [3.8, 4) is 0 Å². The van der Waals surface area contributed by atoms with Crippen LogP contribution in [-0.4, -0.2) is 178 Å². The average Bonchev–Trinajstić information content (AvgIpc) is 1.37. The van der Waals surface area contributed by atoms with Crippen LogP contribution in [-0.2, 0) is 0 Å². The van der Waals surface area contributed by atoms with Crippen molar-refractivity contribution in [2.75, 3.05) is 13.2 Å². The molecule has 0 unspecified atom stereocenters. The van der Waals surface area contributed by atoms with Crippen LogP contribution >= 0.6 is 0 Å². The zero-order valence-electron chi connectivity index (χ0n) is 2.31. The molecule has 0 saturated heterocycles. The second-order valence-electron chi connectivity index (χ2n) is 0.447. The molecule has 0 heterocycles. The molecule has 2 nitrogen and oxygen atoms in total. The Hall–Kier alpha value is 4.83. The first-order valence-corrected chi connectivity index (χ1v) is 1.13. The van der Waals surface area contributed by atoms with E-state index < -0.39 is 0 Å². The molecular weight excluding hydrogens is 173 g/mol. The molecule has 0 fully saturated rings. The maximum absolute atomic E-state index is 7.62. The van der Waals surface area contributed by atoms with Crippen LogP contribution in [0.3, 0.4) is 0 Å². The summed E-state index contributed by atoms with van der Waals surface area (Å²) in [6.07, 6.45) is 0. The summed E-state index contributed by atoms with van der Waals surface area (Å²) in [6, 6.07) is 0. The molecule has 0 saturated carbocycles. The Morgan fingerprint density at radius 1 is 0.714 bits per heavy atom. The predicted octanol–water partition coefficient (Wildman–Crippen LogP) is -2.97. The third kappa shape index (κ3) is 24.8. The number of aliphatic hydroxyl groups excluding tert-OH is 2. The summed E-state index contributed by atoms with van der Waals surface area (Å²) in [4.78, 5) is 0. The van der Waals surface area contributed by atoms with Gasteiger partial charge in [0, 0.05) is 0 Å². The van der Waals surface area contributed by atoms with E-state index in [1.54, 1.807) is 0 Å². The summed E-state index contributed by atoms with van der Waals surface area (Å²) in [5.41, 5.74) is 0. The molecule has 5 heteroatoms. The van der Waals surface area contributed by atoms with Crippen LogP contribution in [0, 0.1) is 0 Å². The summed E-state index contributed by atoms with van der Waals surface area (Å²) in [5, 5.41) is 15.2. The number of rotatable bonds is 1. The molecule has 0 radical (unpaired) electrons. The topological polar surface area (TPSA) is 40.5 Å². The van der Waals surface area contributed by atoms with E-state index in [-0.39, 0.29) is 167 Å². The molecule has 7 heavy (non-hydrogen) atoms. The monoisotopic (exact) mass is 182 g/mol. The summed E-state index contributed by atoms with van der Waals surface area (Å²) >= 11 is 0. The average molecular weight is 182 g/mol. The normalized spacial score (nSPS) is 4.29. The second kappa shape index (κ2) is 22.4. The molecule has 0 bridgehead atoms. The van der Waals surface area contributed by atoms with Crippen LogP contribution < -0.4 is 0 Å². The van der Waals surface area contributed by atoms with Gasteiger partial charge in [-0.3, -0.25) is 0 Å². The summed E-state index contributed by atoms with van der Waals surface area (Å²) in [5.74, 6) is 0. The Labute approximate surface area is 171 Å². The maximum atomic E-state index is 7.62. The first-order valence-electron chi connectivity index (χ1n) is 1.13. The number of hydrogen-bond acceptors (Lipinski definition) is 2. The summed E-state index contributed by atoms with van der Waals surface area (Å²) < 4.78 is 0. The van der Waals surface area contributed by atoms with Gasteiger partial charge in [-0.2, -0.15) is 0 Å². The summed E-state index contributed by atoms with van der Waals surface area (Å²) in [6.45, 7) is -0.250. The van der Waals surface area contributed by atoms with Gasteiger partial charge in [0.25, 0.3) is 0 Å². The Bertz CT molecular complexity index is 12.9. The van der Waals surface area contributed by atoms with Crippen LogP contribution in [0.25, 0.3) is 0 Å². The zero-order valence-corrected chi connectivity index (χ0v) is 2.31. The van der Waals surface area contributed by atoms with E-state index in [9.17, 15) is 0 Å². The SMILES string of the molecule is OCCO.[KH].[KH].[KH]. The van der Waals surface area contributed by atoms with E-state index in [1.165, 1.54) is 0 Å². The molecule has 32 valence electrons. The van der Waals surface area contributed by atoms with Gasteiger partial charge in [0.2, 0.25) is 0 Å². The van der Waals surface area contributed by atoms with E-state index >= 15 is 0 Å². The fourth-order valence-electron chi connectivity index (χ4n) is 0. The molecular formula is C2H9K3O2. The summed E-state index contributed by atoms with van der Waals surface area (Å²) in [7, 11) is 0. The van der Waals surface area contributed by atoms with Crippen LogP contribution in [0.5, 0.6) is 0 Å². The number of hydrogen-bond donors (Lipinski definition) is 2. The minimum absolute atomic E-state index is 0. The molecule has 0 atom stereocenters. The van der Waals surface area contributed by atoms with Gasteiger partial charge in [-0.25, -0.2) is 0 Å². The molecule has 0 aliphatic rings. The van der Waals surface area contributed by atoms with Crippen molar-refractivity contribution >= 4 is 154 Å². The Morgan fingerprint density at radius 3 is 0.857 bits per heavy atom. The third-order valence-electron chi connectivity index (χ3n) is 0.1000. The van der Waals surface area contributed by atoms with Gasteiger partial charge in [0.05, 0.1) is 13.2 Å². The molecule has 0 aliphatic heterocycles. The fourth-order valence-corrected chi connectivity index (χ4v) is 0. The van der Waals surface area contributed by atoms with Crippen molar-refractivity contribution < 1.29 is 10.2 Å².